The van der Waals surface area contributed by atoms with Crippen LogP contribution < -0.4 is 10.5 Å². The molecule has 0 bridgehead atoms. The first-order valence-corrected chi connectivity index (χ1v) is 7.37. The van der Waals surface area contributed by atoms with Crippen molar-refractivity contribution in [3.8, 4) is 0 Å². The monoisotopic (exact) mass is 254 g/mol. The van der Waals surface area contributed by atoms with Crippen molar-refractivity contribution in [2.45, 2.75) is 30.7 Å². The molecule has 1 aliphatic heterocycles. The fourth-order valence-electron chi connectivity index (χ4n) is 2.17. The third-order valence-corrected chi connectivity index (χ3v) is 4.20. The molecule has 1 heterocycles. The van der Waals surface area contributed by atoms with Gasteiger partial charge in [0.25, 0.3) is 0 Å². The number of nitrogens with one attached hydrogen (secondary N) is 1. The second-order valence-corrected chi connectivity index (χ2v) is 6.32. The Morgan fingerprint density at radius 3 is 2.35 bits per heavy atom. The molecule has 0 radical (unpaired) electrons. The van der Waals surface area contributed by atoms with Gasteiger partial charge in [-0.15, -0.1) is 0 Å². The van der Waals surface area contributed by atoms with Crippen LogP contribution in [0.25, 0.3) is 0 Å². The topological polar surface area (TPSA) is 72.2 Å². The molecule has 0 amide bonds. The Hall–Kier alpha value is -0.910. The van der Waals surface area contributed by atoms with Crippen LogP contribution >= 0.6 is 0 Å². The summed E-state index contributed by atoms with van der Waals surface area (Å²) in [6.45, 7) is 3.24. The molecule has 3 N–H and O–H groups in total. The summed E-state index contributed by atoms with van der Waals surface area (Å²) < 4.78 is 22.3. The molecule has 5 heteroatoms. The van der Waals surface area contributed by atoms with Crippen LogP contribution in [0.4, 0.5) is 0 Å². The number of sulfonamides is 1. The quantitative estimate of drug-likeness (QED) is 0.838. The lowest BCUT2D eigenvalue weighted by molar-refractivity contribution is 0.333. The van der Waals surface area contributed by atoms with Gasteiger partial charge in [0, 0.05) is 6.04 Å². The zero-order valence-corrected chi connectivity index (χ0v) is 10.7. The Morgan fingerprint density at radius 1 is 1.24 bits per heavy atom. The molecule has 1 aromatic carbocycles. The summed E-state index contributed by atoms with van der Waals surface area (Å²) in [5.41, 5.74) is 1.13. The fourth-order valence-corrected chi connectivity index (χ4v) is 2.69. The Bertz CT molecular complexity index is 474. The van der Waals surface area contributed by atoms with Crippen molar-refractivity contribution in [1.82, 2.24) is 5.32 Å². The van der Waals surface area contributed by atoms with E-state index in [-0.39, 0.29) is 4.90 Å². The van der Waals surface area contributed by atoms with E-state index in [1.54, 1.807) is 12.1 Å². The molecule has 1 aromatic rings. The van der Waals surface area contributed by atoms with Gasteiger partial charge in [0.15, 0.2) is 0 Å². The fraction of sp³-hybridized carbons (Fsp3) is 0.500. The summed E-state index contributed by atoms with van der Waals surface area (Å²) in [6, 6.07) is 7.16. The maximum atomic E-state index is 11.1. The van der Waals surface area contributed by atoms with Gasteiger partial charge in [-0.2, -0.15) is 0 Å². The lowest BCUT2D eigenvalue weighted by atomic mass is 9.92. The SMILES string of the molecule is C[C@H]1CC[C@H](c2ccc(S(N)(=O)=O)cc2)NC1. The second kappa shape index (κ2) is 4.76. The highest BCUT2D eigenvalue weighted by molar-refractivity contribution is 7.89. The number of primary sulfonamides is 1. The maximum absolute atomic E-state index is 11.1. The average Bonchev–Trinajstić information content (AvgIpc) is 2.29. The van der Waals surface area contributed by atoms with Gasteiger partial charge in [0.2, 0.25) is 10.0 Å². The summed E-state index contributed by atoms with van der Waals surface area (Å²) >= 11 is 0. The summed E-state index contributed by atoms with van der Waals surface area (Å²) in [4.78, 5) is 0.172. The molecule has 94 valence electrons. The highest BCUT2D eigenvalue weighted by Crippen LogP contribution is 2.25. The Kier molecular flexibility index (Phi) is 3.51. The molecule has 2 atom stereocenters. The van der Waals surface area contributed by atoms with E-state index < -0.39 is 10.0 Å². The highest BCUT2D eigenvalue weighted by Gasteiger charge is 2.19. The molecule has 17 heavy (non-hydrogen) atoms. The van der Waals surface area contributed by atoms with Gasteiger partial charge in [-0.3, -0.25) is 0 Å². The van der Waals surface area contributed by atoms with E-state index in [1.807, 2.05) is 12.1 Å². The van der Waals surface area contributed by atoms with Crippen LogP contribution in [0.1, 0.15) is 31.4 Å². The largest absolute Gasteiger partial charge is 0.310 e. The van der Waals surface area contributed by atoms with Gasteiger partial charge < -0.3 is 5.32 Å². The van der Waals surface area contributed by atoms with E-state index in [4.69, 9.17) is 5.14 Å². The van der Waals surface area contributed by atoms with Gasteiger partial charge in [0.05, 0.1) is 4.90 Å². The second-order valence-electron chi connectivity index (χ2n) is 4.76. The minimum absolute atomic E-state index is 0.172. The van der Waals surface area contributed by atoms with Crippen molar-refractivity contribution >= 4 is 10.0 Å². The van der Waals surface area contributed by atoms with Gasteiger partial charge in [-0.1, -0.05) is 19.1 Å². The molecular formula is C12H18N2O2S. The van der Waals surface area contributed by atoms with Crippen LogP contribution in [-0.4, -0.2) is 15.0 Å². The minimum atomic E-state index is -3.58. The van der Waals surface area contributed by atoms with E-state index in [9.17, 15) is 8.42 Å². The van der Waals surface area contributed by atoms with E-state index >= 15 is 0 Å². The van der Waals surface area contributed by atoms with Crippen LogP contribution in [0.5, 0.6) is 0 Å². The first-order chi connectivity index (χ1) is 7.97. The number of hydrogen-bond acceptors (Lipinski definition) is 3. The Balaban J connectivity index is 2.13. The third-order valence-electron chi connectivity index (χ3n) is 3.27. The zero-order valence-electron chi connectivity index (χ0n) is 9.89. The number of piperidine rings is 1. The molecule has 0 saturated carbocycles. The van der Waals surface area contributed by atoms with Crippen molar-refractivity contribution in [2.24, 2.45) is 11.1 Å². The first-order valence-electron chi connectivity index (χ1n) is 5.83. The summed E-state index contributed by atoms with van der Waals surface area (Å²) in [6.07, 6.45) is 2.30. The molecule has 0 aromatic heterocycles. The smallest absolute Gasteiger partial charge is 0.238 e. The Labute approximate surface area is 102 Å². The number of rotatable bonds is 2. The van der Waals surface area contributed by atoms with Crippen LogP contribution in [0.3, 0.4) is 0 Å². The molecule has 0 aliphatic carbocycles. The normalized spacial score (nSPS) is 25.8. The lowest BCUT2D eigenvalue weighted by Crippen LogP contribution is -2.31. The minimum Gasteiger partial charge on any atom is -0.310 e. The van der Waals surface area contributed by atoms with Crippen molar-refractivity contribution in [2.75, 3.05) is 6.54 Å². The molecule has 0 unspecified atom stereocenters. The zero-order chi connectivity index (χ0) is 12.5. The van der Waals surface area contributed by atoms with E-state index in [0.717, 1.165) is 24.4 Å². The molecule has 1 fully saturated rings. The molecular weight excluding hydrogens is 236 g/mol. The van der Waals surface area contributed by atoms with Crippen molar-refractivity contribution in [1.29, 1.82) is 0 Å². The molecule has 1 aliphatic rings. The highest BCUT2D eigenvalue weighted by atomic mass is 32.2. The van der Waals surface area contributed by atoms with Crippen molar-refractivity contribution in [3.63, 3.8) is 0 Å². The lowest BCUT2D eigenvalue weighted by Gasteiger charge is -2.28. The molecule has 1 saturated heterocycles. The van der Waals surface area contributed by atoms with Crippen LogP contribution in [0.2, 0.25) is 0 Å². The summed E-state index contributed by atoms with van der Waals surface area (Å²) in [5.74, 6) is 0.718. The van der Waals surface area contributed by atoms with Crippen molar-refractivity contribution < 1.29 is 8.42 Å². The predicted molar refractivity (Wildman–Crippen MR) is 67.0 cm³/mol. The predicted octanol–water partition coefficient (Wildman–Crippen LogP) is 1.39. The van der Waals surface area contributed by atoms with E-state index in [0.29, 0.717) is 6.04 Å². The van der Waals surface area contributed by atoms with Crippen LogP contribution in [0.15, 0.2) is 29.2 Å². The third kappa shape index (κ3) is 3.06. The molecule has 2 rings (SSSR count). The number of benzene rings is 1. The maximum Gasteiger partial charge on any atom is 0.238 e. The van der Waals surface area contributed by atoms with Crippen LogP contribution in [-0.2, 0) is 10.0 Å². The van der Waals surface area contributed by atoms with Gasteiger partial charge >= 0.3 is 0 Å². The molecule has 0 spiro atoms. The van der Waals surface area contributed by atoms with E-state index in [2.05, 4.69) is 12.2 Å². The van der Waals surface area contributed by atoms with Crippen molar-refractivity contribution in [3.05, 3.63) is 29.8 Å². The average molecular weight is 254 g/mol. The summed E-state index contributed by atoms with van der Waals surface area (Å²) in [7, 11) is -3.58. The van der Waals surface area contributed by atoms with Gasteiger partial charge in [0.1, 0.15) is 0 Å². The van der Waals surface area contributed by atoms with Gasteiger partial charge in [-0.25, -0.2) is 13.6 Å². The van der Waals surface area contributed by atoms with E-state index in [1.165, 1.54) is 6.42 Å². The first kappa shape index (κ1) is 12.5. The number of hydrogen-bond donors (Lipinski definition) is 2. The Morgan fingerprint density at radius 2 is 1.88 bits per heavy atom. The van der Waals surface area contributed by atoms with Crippen LogP contribution in [0, 0.1) is 5.92 Å². The number of nitrogens with two attached hydrogens (primary N) is 1. The molecule has 4 nitrogen and oxygen atoms in total. The van der Waals surface area contributed by atoms with Gasteiger partial charge in [-0.05, 0) is 43.0 Å². The standard InChI is InChI=1S/C12H18N2O2S/c1-9-2-7-12(14-8-9)10-3-5-11(6-4-10)17(13,15)16/h3-6,9,12,14H,2,7-8H2,1H3,(H2,13,15,16)/t9-,12+/m0/s1. The summed E-state index contributed by atoms with van der Waals surface area (Å²) in [5, 5.41) is 8.52.